The van der Waals surface area contributed by atoms with Crippen molar-refractivity contribution < 1.29 is 18.8 Å². The lowest BCUT2D eigenvalue weighted by Gasteiger charge is -2.34. The normalized spacial score (nSPS) is 16.7. The van der Waals surface area contributed by atoms with Crippen molar-refractivity contribution in [1.29, 1.82) is 0 Å². The SMILES string of the molecule is Cc1noc(CNC(=O)N2CCC(C(O)c3ccc(F)cc3)CC2)n1. The van der Waals surface area contributed by atoms with Crippen molar-refractivity contribution in [3.05, 3.63) is 47.4 Å². The Hall–Kier alpha value is -2.48. The largest absolute Gasteiger partial charge is 0.388 e. The molecule has 1 aliphatic heterocycles. The zero-order valence-corrected chi connectivity index (χ0v) is 14.0. The predicted molar refractivity (Wildman–Crippen MR) is 86.9 cm³/mol. The summed E-state index contributed by atoms with van der Waals surface area (Å²) in [4.78, 5) is 17.9. The minimum atomic E-state index is -0.646. The molecule has 0 spiro atoms. The van der Waals surface area contributed by atoms with Gasteiger partial charge in [0.15, 0.2) is 5.82 Å². The number of piperidine rings is 1. The van der Waals surface area contributed by atoms with Crippen molar-refractivity contribution in [2.24, 2.45) is 5.92 Å². The Balaban J connectivity index is 1.47. The topological polar surface area (TPSA) is 91.5 Å². The molecule has 1 unspecified atom stereocenters. The highest BCUT2D eigenvalue weighted by Gasteiger charge is 2.28. The molecule has 25 heavy (non-hydrogen) atoms. The first kappa shape index (κ1) is 17.3. The lowest BCUT2D eigenvalue weighted by molar-refractivity contribution is 0.0663. The molecule has 1 aromatic carbocycles. The Morgan fingerprint density at radius 2 is 2.08 bits per heavy atom. The van der Waals surface area contributed by atoms with Gasteiger partial charge in [-0.2, -0.15) is 4.98 Å². The summed E-state index contributed by atoms with van der Waals surface area (Å²) >= 11 is 0. The fraction of sp³-hybridized carbons (Fsp3) is 0.471. The molecule has 2 amide bonds. The molecule has 0 bridgehead atoms. The predicted octanol–water partition coefficient (Wildman–Crippen LogP) is 2.17. The Labute approximate surface area is 144 Å². The maximum absolute atomic E-state index is 13.0. The van der Waals surface area contributed by atoms with Crippen molar-refractivity contribution >= 4 is 6.03 Å². The number of carbonyl (C=O) groups excluding carboxylic acids is 1. The van der Waals surface area contributed by atoms with Gasteiger partial charge < -0.3 is 19.8 Å². The summed E-state index contributed by atoms with van der Waals surface area (Å²) in [5, 5.41) is 16.9. The van der Waals surface area contributed by atoms with E-state index in [-0.39, 0.29) is 24.3 Å². The van der Waals surface area contributed by atoms with Crippen LogP contribution < -0.4 is 5.32 Å². The number of hydrogen-bond donors (Lipinski definition) is 2. The van der Waals surface area contributed by atoms with E-state index in [4.69, 9.17) is 4.52 Å². The number of rotatable bonds is 4. The average molecular weight is 348 g/mol. The summed E-state index contributed by atoms with van der Waals surface area (Å²) in [5.41, 5.74) is 0.705. The third kappa shape index (κ3) is 4.33. The molecule has 1 saturated heterocycles. The van der Waals surface area contributed by atoms with Crippen LogP contribution in [-0.4, -0.2) is 39.3 Å². The summed E-state index contributed by atoms with van der Waals surface area (Å²) in [6.07, 6.45) is 0.726. The number of hydrogen-bond acceptors (Lipinski definition) is 5. The Morgan fingerprint density at radius 1 is 1.40 bits per heavy atom. The standard InChI is InChI=1S/C17H21FN4O3/c1-11-20-15(25-21-11)10-19-17(24)22-8-6-13(7-9-22)16(23)12-2-4-14(18)5-3-12/h2-5,13,16,23H,6-10H2,1H3,(H,19,24). The molecule has 1 atom stereocenters. The molecule has 1 fully saturated rings. The lowest BCUT2D eigenvalue weighted by atomic mass is 9.87. The third-order valence-electron chi connectivity index (χ3n) is 4.45. The second-order valence-corrected chi connectivity index (χ2v) is 6.21. The highest BCUT2D eigenvalue weighted by Crippen LogP contribution is 2.30. The van der Waals surface area contributed by atoms with Crippen LogP contribution in [0.2, 0.25) is 0 Å². The molecule has 8 heteroatoms. The van der Waals surface area contributed by atoms with Gasteiger partial charge in [-0.25, -0.2) is 9.18 Å². The number of carbonyl (C=O) groups is 1. The zero-order valence-electron chi connectivity index (χ0n) is 14.0. The molecule has 3 rings (SSSR count). The van der Waals surface area contributed by atoms with Crippen LogP contribution in [0.25, 0.3) is 0 Å². The monoisotopic (exact) mass is 348 g/mol. The van der Waals surface area contributed by atoms with E-state index in [0.29, 0.717) is 43.2 Å². The number of urea groups is 1. The molecule has 0 saturated carbocycles. The number of halogens is 1. The number of likely N-dealkylation sites (tertiary alicyclic amines) is 1. The van der Waals surface area contributed by atoms with Crippen LogP contribution in [0.4, 0.5) is 9.18 Å². The molecule has 0 radical (unpaired) electrons. The summed E-state index contributed by atoms with van der Waals surface area (Å²) in [6, 6.07) is 5.71. The summed E-state index contributed by atoms with van der Waals surface area (Å²) < 4.78 is 17.9. The minimum Gasteiger partial charge on any atom is -0.388 e. The molecule has 2 N–H and O–H groups in total. The number of aliphatic hydroxyl groups excluding tert-OH is 1. The fourth-order valence-corrected chi connectivity index (χ4v) is 3.03. The summed E-state index contributed by atoms with van der Waals surface area (Å²) in [7, 11) is 0. The van der Waals surface area contributed by atoms with Crippen LogP contribution in [-0.2, 0) is 6.54 Å². The number of amides is 2. The van der Waals surface area contributed by atoms with Gasteiger partial charge in [-0.05, 0) is 43.4 Å². The quantitative estimate of drug-likeness (QED) is 0.884. The first-order valence-electron chi connectivity index (χ1n) is 8.28. The van der Waals surface area contributed by atoms with E-state index >= 15 is 0 Å². The second-order valence-electron chi connectivity index (χ2n) is 6.21. The average Bonchev–Trinajstić information content (AvgIpc) is 3.05. The van der Waals surface area contributed by atoms with Gasteiger partial charge in [0.1, 0.15) is 5.82 Å². The Morgan fingerprint density at radius 3 is 2.68 bits per heavy atom. The molecule has 7 nitrogen and oxygen atoms in total. The van der Waals surface area contributed by atoms with E-state index in [1.165, 1.54) is 12.1 Å². The first-order valence-corrected chi connectivity index (χ1v) is 8.28. The van der Waals surface area contributed by atoms with E-state index < -0.39 is 6.10 Å². The van der Waals surface area contributed by atoms with E-state index in [0.717, 1.165) is 0 Å². The van der Waals surface area contributed by atoms with Crippen molar-refractivity contribution in [3.8, 4) is 0 Å². The van der Waals surface area contributed by atoms with E-state index in [1.54, 1.807) is 24.0 Å². The van der Waals surface area contributed by atoms with Crippen LogP contribution in [0, 0.1) is 18.7 Å². The van der Waals surface area contributed by atoms with Gasteiger partial charge >= 0.3 is 6.03 Å². The van der Waals surface area contributed by atoms with Crippen LogP contribution in [0.5, 0.6) is 0 Å². The van der Waals surface area contributed by atoms with Gasteiger partial charge in [-0.3, -0.25) is 0 Å². The van der Waals surface area contributed by atoms with Gasteiger partial charge in [0, 0.05) is 13.1 Å². The van der Waals surface area contributed by atoms with Crippen molar-refractivity contribution in [3.63, 3.8) is 0 Å². The summed E-state index contributed by atoms with van der Waals surface area (Å²) in [5.74, 6) is 0.624. The van der Waals surface area contributed by atoms with Crippen LogP contribution in [0.3, 0.4) is 0 Å². The van der Waals surface area contributed by atoms with Crippen molar-refractivity contribution in [2.75, 3.05) is 13.1 Å². The molecular weight excluding hydrogens is 327 g/mol. The maximum Gasteiger partial charge on any atom is 0.317 e. The third-order valence-corrected chi connectivity index (χ3v) is 4.45. The molecule has 134 valence electrons. The molecule has 2 aromatic rings. The highest BCUT2D eigenvalue weighted by atomic mass is 19.1. The molecule has 0 aliphatic carbocycles. The molecule has 1 aliphatic rings. The number of nitrogens with one attached hydrogen (secondary N) is 1. The number of nitrogens with zero attached hydrogens (tertiary/aromatic N) is 3. The second kappa shape index (κ2) is 7.60. The van der Waals surface area contributed by atoms with Gasteiger partial charge in [-0.15, -0.1) is 0 Å². The minimum absolute atomic E-state index is 0.0492. The van der Waals surface area contributed by atoms with E-state index in [9.17, 15) is 14.3 Å². The zero-order chi connectivity index (χ0) is 17.8. The molecule has 1 aromatic heterocycles. The number of aromatic nitrogens is 2. The Kier molecular flexibility index (Phi) is 5.28. The molecule has 2 heterocycles. The molecular formula is C17H21FN4O3. The van der Waals surface area contributed by atoms with Gasteiger partial charge in [0.25, 0.3) is 0 Å². The Bertz CT molecular complexity index is 711. The lowest BCUT2D eigenvalue weighted by Crippen LogP contribution is -2.45. The smallest absolute Gasteiger partial charge is 0.317 e. The first-order chi connectivity index (χ1) is 12.0. The maximum atomic E-state index is 13.0. The number of aliphatic hydroxyl groups is 1. The van der Waals surface area contributed by atoms with E-state index in [2.05, 4.69) is 15.5 Å². The van der Waals surface area contributed by atoms with Gasteiger partial charge in [0.2, 0.25) is 5.89 Å². The van der Waals surface area contributed by atoms with Crippen LogP contribution >= 0.6 is 0 Å². The van der Waals surface area contributed by atoms with Crippen molar-refractivity contribution in [1.82, 2.24) is 20.4 Å². The number of aryl methyl sites for hydroxylation is 1. The summed E-state index contributed by atoms with van der Waals surface area (Å²) in [6.45, 7) is 3.01. The van der Waals surface area contributed by atoms with Crippen LogP contribution in [0.1, 0.15) is 36.2 Å². The van der Waals surface area contributed by atoms with E-state index in [1.807, 2.05) is 0 Å². The number of benzene rings is 1. The van der Waals surface area contributed by atoms with Crippen molar-refractivity contribution in [2.45, 2.75) is 32.4 Å². The van der Waals surface area contributed by atoms with Crippen LogP contribution in [0.15, 0.2) is 28.8 Å². The van der Waals surface area contributed by atoms with Gasteiger partial charge in [0.05, 0.1) is 12.6 Å². The highest BCUT2D eigenvalue weighted by molar-refractivity contribution is 5.74. The fourth-order valence-electron chi connectivity index (χ4n) is 3.03. The van der Waals surface area contributed by atoms with Gasteiger partial charge in [-0.1, -0.05) is 17.3 Å².